The smallest absolute Gasteiger partial charge is 0.340 e. The number of aromatic carboxylic acids is 1. The molecule has 3 N–H and O–H groups in total. The molecule has 0 saturated carbocycles. The normalized spacial score (nSPS) is 10.2. The van der Waals surface area contributed by atoms with Gasteiger partial charge in [-0.05, 0) is 12.1 Å². The number of hydrogen-bond donors (Lipinski definition) is 3. The summed E-state index contributed by atoms with van der Waals surface area (Å²) in [5, 5.41) is 17.6. The first-order valence-electron chi connectivity index (χ1n) is 5.87. The van der Waals surface area contributed by atoms with Gasteiger partial charge in [0.05, 0.1) is 12.2 Å². The van der Waals surface area contributed by atoms with Crippen LogP contribution >= 0.6 is 0 Å². The quantitative estimate of drug-likeness (QED) is 0.787. The topological polar surface area (TPSA) is 111 Å². The number of carbonyl (C=O) groups excluding carboxylic acids is 1. The first-order valence-corrected chi connectivity index (χ1v) is 5.87. The molecule has 0 atom stereocenters. The molecule has 0 aliphatic carbocycles. The van der Waals surface area contributed by atoms with Crippen LogP contribution < -0.4 is 5.32 Å². The van der Waals surface area contributed by atoms with Gasteiger partial charge in [0.25, 0.3) is 0 Å². The third-order valence-corrected chi connectivity index (χ3v) is 2.67. The van der Waals surface area contributed by atoms with Gasteiger partial charge < -0.3 is 15.3 Å². The monoisotopic (exact) mass is 293 g/mol. The molecule has 2 amide bonds. The molecule has 0 unspecified atom stereocenters. The van der Waals surface area contributed by atoms with Gasteiger partial charge in [-0.1, -0.05) is 6.07 Å². The van der Waals surface area contributed by atoms with Gasteiger partial charge >= 0.3 is 12.0 Å². The fourth-order valence-corrected chi connectivity index (χ4v) is 1.66. The Bertz CT molecular complexity index is 659. The summed E-state index contributed by atoms with van der Waals surface area (Å²) >= 11 is 0. The van der Waals surface area contributed by atoms with Crippen molar-refractivity contribution >= 4 is 17.7 Å². The highest BCUT2D eigenvalue weighted by atomic mass is 19.1. The van der Waals surface area contributed by atoms with E-state index in [1.807, 2.05) is 0 Å². The molecular weight excluding hydrogens is 281 g/mol. The molecule has 0 aliphatic rings. The lowest BCUT2D eigenvalue weighted by molar-refractivity contribution is 0.0693. The minimum absolute atomic E-state index is 0.114. The van der Waals surface area contributed by atoms with Crippen LogP contribution in [0, 0.1) is 5.82 Å². The fraction of sp³-hybridized carbons (Fsp3) is 0.167. The summed E-state index contributed by atoms with van der Waals surface area (Å²) in [6, 6.07) is 3.04. The number of carbonyl (C=O) groups is 2. The van der Waals surface area contributed by atoms with Crippen LogP contribution in [-0.2, 0) is 6.54 Å². The molecule has 0 radical (unpaired) electrons. The molecule has 0 aliphatic heterocycles. The molecule has 21 heavy (non-hydrogen) atoms. The van der Waals surface area contributed by atoms with Crippen molar-refractivity contribution in [1.29, 1.82) is 0 Å². The first-order chi connectivity index (χ1) is 9.99. The number of aromatic nitrogens is 3. The van der Waals surface area contributed by atoms with Gasteiger partial charge in [-0.25, -0.2) is 19.0 Å². The van der Waals surface area contributed by atoms with Crippen LogP contribution in [0.5, 0.6) is 0 Å². The highest BCUT2D eigenvalue weighted by Crippen LogP contribution is 2.19. The largest absolute Gasteiger partial charge is 0.478 e. The number of nitrogens with one attached hydrogen (secondary N) is 2. The second-order valence-electron chi connectivity index (χ2n) is 4.19. The Morgan fingerprint density at radius 3 is 2.86 bits per heavy atom. The highest BCUT2D eigenvalue weighted by molar-refractivity contribution is 6.00. The summed E-state index contributed by atoms with van der Waals surface area (Å²) in [5.74, 6) is -1.91. The number of rotatable bonds is 4. The third-order valence-electron chi connectivity index (χ3n) is 2.67. The van der Waals surface area contributed by atoms with E-state index in [9.17, 15) is 14.0 Å². The Kier molecular flexibility index (Phi) is 4.12. The standard InChI is InChI=1S/C12H12FN5O3/c1-18(5-9-14-6-15-17-9)12(21)16-8-4-2-3-7(13)10(8)11(19)20/h2-4,6H,5H2,1H3,(H,16,21)(H,19,20)(H,14,15,17). The van der Waals surface area contributed by atoms with Crippen molar-refractivity contribution in [3.8, 4) is 0 Å². The van der Waals surface area contributed by atoms with E-state index in [4.69, 9.17) is 5.11 Å². The molecular formula is C12H12FN5O3. The summed E-state index contributed by atoms with van der Waals surface area (Å²) < 4.78 is 13.5. The van der Waals surface area contributed by atoms with Crippen LogP contribution in [-0.4, -0.2) is 44.2 Å². The number of amides is 2. The average molecular weight is 293 g/mol. The predicted molar refractivity (Wildman–Crippen MR) is 70.2 cm³/mol. The molecule has 0 fully saturated rings. The molecule has 1 heterocycles. The van der Waals surface area contributed by atoms with Gasteiger partial charge in [0.1, 0.15) is 23.5 Å². The van der Waals surface area contributed by atoms with Gasteiger partial charge in [0, 0.05) is 7.05 Å². The minimum atomic E-state index is -1.46. The van der Waals surface area contributed by atoms with Gasteiger partial charge in [-0.3, -0.25) is 5.10 Å². The molecule has 0 saturated heterocycles. The number of H-pyrrole nitrogens is 1. The van der Waals surface area contributed by atoms with Gasteiger partial charge in [-0.2, -0.15) is 5.10 Å². The van der Waals surface area contributed by atoms with Crippen LogP contribution in [0.1, 0.15) is 16.2 Å². The molecule has 1 aromatic carbocycles. The van der Waals surface area contributed by atoms with E-state index in [1.54, 1.807) is 0 Å². The number of nitrogens with zero attached hydrogens (tertiary/aromatic N) is 3. The highest BCUT2D eigenvalue weighted by Gasteiger charge is 2.19. The predicted octanol–water partition coefficient (Wildman–Crippen LogP) is 1.31. The SMILES string of the molecule is CN(Cc1ncn[nH]1)C(=O)Nc1cccc(F)c1C(=O)O. The minimum Gasteiger partial charge on any atom is -0.478 e. The van der Waals surface area contributed by atoms with Crippen molar-refractivity contribution in [3.63, 3.8) is 0 Å². The Balaban J connectivity index is 2.12. The molecule has 1 aromatic heterocycles. The maximum absolute atomic E-state index is 13.5. The maximum atomic E-state index is 13.5. The van der Waals surface area contributed by atoms with Crippen LogP contribution in [0.3, 0.4) is 0 Å². The van der Waals surface area contributed by atoms with Crippen LogP contribution in [0.2, 0.25) is 0 Å². The summed E-state index contributed by atoms with van der Waals surface area (Å²) in [5.41, 5.74) is -0.698. The van der Waals surface area contributed by atoms with E-state index in [0.717, 1.165) is 6.07 Å². The summed E-state index contributed by atoms with van der Waals surface area (Å²) in [6.07, 6.45) is 1.30. The number of halogens is 1. The fourth-order valence-electron chi connectivity index (χ4n) is 1.66. The van der Waals surface area contributed by atoms with Gasteiger partial charge in [0.15, 0.2) is 0 Å². The second kappa shape index (κ2) is 5.99. The zero-order valence-corrected chi connectivity index (χ0v) is 11.0. The lowest BCUT2D eigenvalue weighted by Gasteiger charge is -2.17. The molecule has 0 bridgehead atoms. The molecule has 8 nitrogen and oxygen atoms in total. The third kappa shape index (κ3) is 3.32. The van der Waals surface area contributed by atoms with Crippen molar-refractivity contribution in [1.82, 2.24) is 20.1 Å². The van der Waals surface area contributed by atoms with E-state index in [1.165, 1.54) is 30.4 Å². The summed E-state index contributed by atoms with van der Waals surface area (Å²) in [7, 11) is 1.48. The van der Waals surface area contributed by atoms with Gasteiger partial charge in [-0.15, -0.1) is 0 Å². The van der Waals surface area contributed by atoms with Crippen molar-refractivity contribution in [2.75, 3.05) is 12.4 Å². The second-order valence-corrected chi connectivity index (χ2v) is 4.19. The number of hydrogen-bond acceptors (Lipinski definition) is 4. The first kappa shape index (κ1) is 14.4. The van der Waals surface area contributed by atoms with Crippen LogP contribution in [0.25, 0.3) is 0 Å². The van der Waals surface area contributed by atoms with E-state index < -0.39 is 23.4 Å². The molecule has 110 valence electrons. The Morgan fingerprint density at radius 1 is 1.48 bits per heavy atom. The maximum Gasteiger partial charge on any atom is 0.340 e. The lowest BCUT2D eigenvalue weighted by atomic mass is 10.1. The average Bonchev–Trinajstić information content (AvgIpc) is 2.91. The van der Waals surface area contributed by atoms with Crippen molar-refractivity contribution in [3.05, 3.63) is 41.7 Å². The molecule has 2 rings (SSSR count). The Labute approximate surface area is 118 Å². The number of benzene rings is 1. The van der Waals surface area contributed by atoms with Crippen LogP contribution in [0.15, 0.2) is 24.5 Å². The summed E-state index contributed by atoms with van der Waals surface area (Å²) in [6.45, 7) is 0.142. The van der Waals surface area contributed by atoms with E-state index in [-0.39, 0.29) is 12.2 Å². The van der Waals surface area contributed by atoms with Crippen molar-refractivity contribution in [2.24, 2.45) is 0 Å². The number of anilines is 1. The van der Waals surface area contributed by atoms with E-state index >= 15 is 0 Å². The number of urea groups is 1. The lowest BCUT2D eigenvalue weighted by Crippen LogP contribution is -2.32. The zero-order chi connectivity index (χ0) is 15.4. The van der Waals surface area contributed by atoms with E-state index in [0.29, 0.717) is 5.82 Å². The number of carboxylic acids is 1. The van der Waals surface area contributed by atoms with E-state index in [2.05, 4.69) is 20.5 Å². The molecule has 0 spiro atoms. The molecule has 2 aromatic rings. The number of aromatic amines is 1. The number of carboxylic acid groups (broad SMARTS) is 1. The van der Waals surface area contributed by atoms with Crippen molar-refractivity contribution < 1.29 is 19.1 Å². The van der Waals surface area contributed by atoms with Crippen molar-refractivity contribution in [2.45, 2.75) is 6.54 Å². The molecule has 9 heteroatoms. The van der Waals surface area contributed by atoms with Crippen LogP contribution in [0.4, 0.5) is 14.9 Å². The Hall–Kier alpha value is -2.97. The zero-order valence-electron chi connectivity index (χ0n) is 11.0. The Morgan fingerprint density at radius 2 is 2.24 bits per heavy atom. The summed E-state index contributed by atoms with van der Waals surface area (Å²) in [4.78, 5) is 28.1. The van der Waals surface area contributed by atoms with Gasteiger partial charge in [0.2, 0.25) is 0 Å².